The molecule has 0 heterocycles. The maximum absolute atomic E-state index is 13.0. The summed E-state index contributed by atoms with van der Waals surface area (Å²) in [5, 5.41) is 3.29. The standard InChI is InChI=1S/C18H15Br2NO2/c1-9(2)8-21-13-7-6-12(20)15-16(13)18(23)14-10(17(15)22)4-3-5-11(14)19/h3-7,9,21H,8H2,1-2H3. The van der Waals surface area contributed by atoms with Crippen molar-refractivity contribution in [3.63, 3.8) is 0 Å². The number of hydrogen-bond donors (Lipinski definition) is 1. The Morgan fingerprint density at radius 2 is 1.61 bits per heavy atom. The minimum absolute atomic E-state index is 0.129. The van der Waals surface area contributed by atoms with Gasteiger partial charge in [0.05, 0.1) is 5.56 Å². The predicted molar refractivity (Wildman–Crippen MR) is 98.5 cm³/mol. The van der Waals surface area contributed by atoms with Gasteiger partial charge in [-0.15, -0.1) is 0 Å². The number of nitrogens with one attached hydrogen (secondary N) is 1. The zero-order chi connectivity index (χ0) is 16.7. The zero-order valence-electron chi connectivity index (χ0n) is 12.7. The molecular formula is C18H15Br2NO2. The summed E-state index contributed by atoms with van der Waals surface area (Å²) in [5.74, 6) is 0.174. The number of fused-ring (bicyclic) bond motifs is 2. The first-order chi connectivity index (χ1) is 10.9. The van der Waals surface area contributed by atoms with Gasteiger partial charge in [0.1, 0.15) is 0 Å². The Labute approximate surface area is 151 Å². The van der Waals surface area contributed by atoms with E-state index >= 15 is 0 Å². The summed E-state index contributed by atoms with van der Waals surface area (Å²) < 4.78 is 1.29. The first-order valence-corrected chi connectivity index (χ1v) is 8.94. The van der Waals surface area contributed by atoms with E-state index in [4.69, 9.17) is 0 Å². The molecule has 118 valence electrons. The summed E-state index contributed by atoms with van der Waals surface area (Å²) in [6, 6.07) is 8.92. The second-order valence-corrected chi connectivity index (χ2v) is 7.65. The van der Waals surface area contributed by atoms with Gasteiger partial charge in [-0.2, -0.15) is 0 Å². The first kappa shape index (κ1) is 16.4. The van der Waals surface area contributed by atoms with Crippen molar-refractivity contribution in [3.05, 3.63) is 61.5 Å². The Balaban J connectivity index is 2.22. The van der Waals surface area contributed by atoms with E-state index in [-0.39, 0.29) is 11.6 Å². The van der Waals surface area contributed by atoms with Crippen LogP contribution in [0, 0.1) is 5.92 Å². The van der Waals surface area contributed by atoms with Crippen LogP contribution in [0.25, 0.3) is 0 Å². The third kappa shape index (κ3) is 2.76. The van der Waals surface area contributed by atoms with Gasteiger partial charge in [-0.1, -0.05) is 57.8 Å². The Morgan fingerprint density at radius 3 is 2.30 bits per heavy atom. The third-order valence-electron chi connectivity index (χ3n) is 3.79. The molecule has 23 heavy (non-hydrogen) atoms. The van der Waals surface area contributed by atoms with Crippen LogP contribution in [0.4, 0.5) is 5.69 Å². The highest BCUT2D eigenvalue weighted by Crippen LogP contribution is 2.38. The van der Waals surface area contributed by atoms with Crippen molar-refractivity contribution < 1.29 is 9.59 Å². The van der Waals surface area contributed by atoms with Gasteiger partial charge in [0, 0.05) is 37.9 Å². The fourth-order valence-corrected chi connectivity index (χ4v) is 3.76. The summed E-state index contributed by atoms with van der Waals surface area (Å²) in [5.41, 5.74) is 2.48. The van der Waals surface area contributed by atoms with Gasteiger partial charge in [0.2, 0.25) is 0 Å². The molecule has 2 aromatic rings. The fourth-order valence-electron chi connectivity index (χ4n) is 2.70. The highest BCUT2D eigenvalue weighted by atomic mass is 79.9. The van der Waals surface area contributed by atoms with Crippen LogP contribution in [0.1, 0.15) is 45.7 Å². The lowest BCUT2D eigenvalue weighted by Gasteiger charge is -2.23. The molecule has 5 heteroatoms. The number of carbonyl (C=O) groups excluding carboxylic acids is 2. The zero-order valence-corrected chi connectivity index (χ0v) is 15.9. The second kappa shape index (κ2) is 6.21. The molecule has 0 bridgehead atoms. The molecule has 3 rings (SSSR count). The van der Waals surface area contributed by atoms with Crippen LogP contribution in [0.5, 0.6) is 0 Å². The summed E-state index contributed by atoms with van der Waals surface area (Å²) >= 11 is 6.82. The van der Waals surface area contributed by atoms with Crippen LogP contribution in [-0.4, -0.2) is 18.1 Å². The summed E-state index contributed by atoms with van der Waals surface area (Å²) in [6.45, 7) is 4.92. The van der Waals surface area contributed by atoms with E-state index in [9.17, 15) is 9.59 Å². The molecule has 0 saturated heterocycles. The van der Waals surface area contributed by atoms with Crippen LogP contribution < -0.4 is 5.32 Å². The SMILES string of the molecule is CC(C)CNc1ccc(Br)c2c1C(=O)c1c(Br)cccc1C2=O. The topological polar surface area (TPSA) is 46.2 Å². The summed E-state index contributed by atoms with van der Waals surface area (Å²) in [7, 11) is 0. The molecule has 0 atom stereocenters. The number of ketones is 2. The van der Waals surface area contributed by atoms with Gasteiger partial charge in [0.25, 0.3) is 0 Å². The largest absolute Gasteiger partial charge is 0.384 e. The van der Waals surface area contributed by atoms with Crippen molar-refractivity contribution in [2.24, 2.45) is 5.92 Å². The molecule has 0 aliphatic heterocycles. The van der Waals surface area contributed by atoms with E-state index in [2.05, 4.69) is 51.0 Å². The fraction of sp³-hybridized carbons (Fsp3) is 0.222. The number of anilines is 1. The molecule has 2 aromatic carbocycles. The number of rotatable bonds is 3. The summed E-state index contributed by atoms with van der Waals surface area (Å²) in [6.07, 6.45) is 0. The number of hydrogen-bond acceptors (Lipinski definition) is 3. The molecule has 0 saturated carbocycles. The maximum atomic E-state index is 13.0. The monoisotopic (exact) mass is 435 g/mol. The molecule has 0 aromatic heterocycles. The van der Waals surface area contributed by atoms with Crippen LogP contribution in [0.2, 0.25) is 0 Å². The molecule has 1 aliphatic carbocycles. The Morgan fingerprint density at radius 1 is 0.913 bits per heavy atom. The van der Waals surface area contributed by atoms with Crippen molar-refractivity contribution in [2.45, 2.75) is 13.8 Å². The highest BCUT2D eigenvalue weighted by molar-refractivity contribution is 9.10. The van der Waals surface area contributed by atoms with Crippen LogP contribution in [0.3, 0.4) is 0 Å². The lowest BCUT2D eigenvalue weighted by Crippen LogP contribution is -2.24. The number of benzene rings is 2. The Hall–Kier alpha value is -1.46. The molecule has 0 spiro atoms. The van der Waals surface area contributed by atoms with E-state index in [0.717, 1.165) is 6.54 Å². The third-order valence-corrected chi connectivity index (χ3v) is 5.12. The molecule has 0 amide bonds. The first-order valence-electron chi connectivity index (χ1n) is 7.36. The van der Waals surface area contributed by atoms with Crippen LogP contribution in [-0.2, 0) is 0 Å². The van der Waals surface area contributed by atoms with Gasteiger partial charge in [-0.05, 0) is 24.1 Å². The van der Waals surface area contributed by atoms with Crippen LogP contribution in [0.15, 0.2) is 39.3 Å². The van der Waals surface area contributed by atoms with Crippen molar-refractivity contribution in [1.29, 1.82) is 0 Å². The van der Waals surface area contributed by atoms with Crippen molar-refractivity contribution in [3.8, 4) is 0 Å². The van der Waals surface area contributed by atoms with E-state index in [1.807, 2.05) is 12.1 Å². The molecule has 0 unspecified atom stereocenters. The smallest absolute Gasteiger partial charge is 0.197 e. The molecule has 1 N–H and O–H groups in total. The number of carbonyl (C=O) groups is 2. The van der Waals surface area contributed by atoms with Gasteiger partial charge >= 0.3 is 0 Å². The molecule has 0 radical (unpaired) electrons. The molecule has 0 fully saturated rings. The Bertz CT molecular complexity index is 828. The van der Waals surface area contributed by atoms with Gasteiger partial charge in [-0.3, -0.25) is 9.59 Å². The van der Waals surface area contributed by atoms with E-state index in [0.29, 0.717) is 42.8 Å². The van der Waals surface area contributed by atoms with Crippen molar-refractivity contribution in [2.75, 3.05) is 11.9 Å². The van der Waals surface area contributed by atoms with Gasteiger partial charge in [-0.25, -0.2) is 0 Å². The van der Waals surface area contributed by atoms with Crippen molar-refractivity contribution in [1.82, 2.24) is 0 Å². The van der Waals surface area contributed by atoms with Crippen molar-refractivity contribution >= 4 is 49.1 Å². The van der Waals surface area contributed by atoms with E-state index < -0.39 is 0 Å². The second-order valence-electron chi connectivity index (χ2n) is 5.94. The van der Waals surface area contributed by atoms with E-state index in [1.165, 1.54) is 0 Å². The number of halogens is 2. The van der Waals surface area contributed by atoms with E-state index in [1.54, 1.807) is 18.2 Å². The molecule has 3 nitrogen and oxygen atoms in total. The molecular weight excluding hydrogens is 422 g/mol. The predicted octanol–water partition coefficient (Wildman–Crippen LogP) is 5.05. The average molecular weight is 437 g/mol. The van der Waals surface area contributed by atoms with Gasteiger partial charge in [0.15, 0.2) is 11.6 Å². The lowest BCUT2D eigenvalue weighted by molar-refractivity contribution is 0.0978. The quantitative estimate of drug-likeness (QED) is 0.624. The summed E-state index contributed by atoms with van der Waals surface area (Å²) in [4.78, 5) is 25.9. The lowest BCUT2D eigenvalue weighted by atomic mass is 9.83. The van der Waals surface area contributed by atoms with Gasteiger partial charge < -0.3 is 5.32 Å². The Kier molecular flexibility index (Phi) is 4.43. The maximum Gasteiger partial charge on any atom is 0.197 e. The van der Waals surface area contributed by atoms with Crippen LogP contribution >= 0.6 is 31.9 Å². The average Bonchev–Trinajstić information content (AvgIpc) is 2.50. The minimum atomic E-state index is -0.130. The normalized spacial score (nSPS) is 13.1. The minimum Gasteiger partial charge on any atom is -0.384 e. The molecule has 1 aliphatic rings. The highest BCUT2D eigenvalue weighted by Gasteiger charge is 2.34.